The van der Waals surface area contributed by atoms with E-state index in [1.807, 2.05) is 0 Å². The van der Waals surface area contributed by atoms with Gasteiger partial charge in [0.25, 0.3) is 0 Å². The Balaban J connectivity index is 2.41. The predicted molar refractivity (Wildman–Crippen MR) is 36.8 cm³/mol. The van der Waals surface area contributed by atoms with Crippen molar-refractivity contribution in [1.82, 2.24) is 9.78 Å². The second-order valence-corrected chi connectivity index (χ2v) is 2.33. The summed E-state index contributed by atoms with van der Waals surface area (Å²) in [6.45, 7) is 1.71. The summed E-state index contributed by atoms with van der Waals surface area (Å²) in [6.07, 6.45) is 1.02. The van der Waals surface area contributed by atoms with Crippen molar-refractivity contribution in [1.29, 1.82) is 0 Å². The number of anilines is 1. The van der Waals surface area contributed by atoms with Gasteiger partial charge in [-0.25, -0.2) is 4.68 Å². The Kier molecular flexibility index (Phi) is 1.06. The molecule has 0 saturated heterocycles. The van der Waals surface area contributed by atoms with E-state index in [4.69, 9.17) is 10.5 Å². The third kappa shape index (κ3) is 0.725. The molecule has 0 aliphatic carbocycles. The molecule has 54 valence electrons. The van der Waals surface area contributed by atoms with Gasteiger partial charge in [-0.3, -0.25) is 0 Å². The van der Waals surface area contributed by atoms with Crippen LogP contribution in [0.25, 0.3) is 0 Å². The van der Waals surface area contributed by atoms with E-state index in [1.165, 1.54) is 0 Å². The Labute approximate surface area is 58.6 Å². The van der Waals surface area contributed by atoms with Gasteiger partial charge in [-0.1, -0.05) is 0 Å². The molecule has 2 N–H and O–H groups in total. The predicted octanol–water partition coefficient (Wildman–Crippen LogP) is 0.248. The molecule has 4 nitrogen and oxygen atoms in total. The Bertz CT molecular complexity index is 220. The summed E-state index contributed by atoms with van der Waals surface area (Å²) in [5.74, 6) is 1.33. The number of aryl methyl sites for hydroxylation is 1. The number of nitrogens with zero attached hydrogens (tertiary/aromatic N) is 2. The van der Waals surface area contributed by atoms with Gasteiger partial charge in [0.1, 0.15) is 5.82 Å². The summed E-state index contributed by atoms with van der Waals surface area (Å²) in [5.41, 5.74) is 5.45. The van der Waals surface area contributed by atoms with Crippen molar-refractivity contribution in [2.75, 3.05) is 12.3 Å². The van der Waals surface area contributed by atoms with Crippen LogP contribution in [0.2, 0.25) is 0 Å². The van der Waals surface area contributed by atoms with Crippen LogP contribution in [-0.2, 0) is 6.54 Å². The van der Waals surface area contributed by atoms with Crippen LogP contribution in [-0.4, -0.2) is 16.4 Å². The van der Waals surface area contributed by atoms with E-state index < -0.39 is 0 Å². The summed E-state index contributed by atoms with van der Waals surface area (Å²) in [7, 11) is 0. The number of nitrogen functional groups attached to an aromatic ring is 1. The Morgan fingerprint density at radius 3 is 3.40 bits per heavy atom. The fourth-order valence-electron chi connectivity index (χ4n) is 1.09. The molecule has 4 heteroatoms. The van der Waals surface area contributed by atoms with E-state index in [1.54, 1.807) is 10.7 Å². The highest BCUT2D eigenvalue weighted by Crippen LogP contribution is 2.18. The smallest absolute Gasteiger partial charge is 0.213 e. The van der Waals surface area contributed by atoms with Crippen LogP contribution >= 0.6 is 0 Å². The van der Waals surface area contributed by atoms with Crippen molar-refractivity contribution < 1.29 is 4.74 Å². The third-order valence-electron chi connectivity index (χ3n) is 1.53. The minimum Gasteiger partial charge on any atom is -0.478 e. The molecule has 1 aliphatic rings. The molecule has 1 aromatic rings. The lowest BCUT2D eigenvalue weighted by Crippen LogP contribution is -2.14. The molecule has 0 radical (unpaired) electrons. The Morgan fingerprint density at radius 2 is 2.60 bits per heavy atom. The highest BCUT2D eigenvalue weighted by atomic mass is 16.5. The molecule has 0 amide bonds. The lowest BCUT2D eigenvalue weighted by Gasteiger charge is -2.13. The van der Waals surface area contributed by atoms with E-state index >= 15 is 0 Å². The first kappa shape index (κ1) is 5.58. The molecule has 0 aromatic carbocycles. The number of hydrogen-bond acceptors (Lipinski definition) is 3. The van der Waals surface area contributed by atoms with Crippen LogP contribution in [0.5, 0.6) is 5.88 Å². The number of fused-ring (bicyclic) bond motifs is 1. The highest BCUT2D eigenvalue weighted by molar-refractivity contribution is 5.33. The molecule has 1 aromatic heterocycles. The number of nitrogens with two attached hydrogens (primary N) is 1. The molecule has 2 heterocycles. The summed E-state index contributed by atoms with van der Waals surface area (Å²) < 4.78 is 7.06. The molecule has 0 atom stereocenters. The molecule has 0 spiro atoms. The molecule has 0 saturated carbocycles. The molecule has 10 heavy (non-hydrogen) atoms. The van der Waals surface area contributed by atoms with E-state index in [9.17, 15) is 0 Å². The van der Waals surface area contributed by atoms with Crippen molar-refractivity contribution in [3.8, 4) is 5.88 Å². The Hall–Kier alpha value is -1.19. The van der Waals surface area contributed by atoms with Gasteiger partial charge in [0, 0.05) is 19.0 Å². The van der Waals surface area contributed by atoms with Crippen LogP contribution in [0, 0.1) is 0 Å². The number of ether oxygens (including phenoxy) is 1. The van der Waals surface area contributed by atoms with Gasteiger partial charge < -0.3 is 10.5 Å². The maximum atomic E-state index is 5.45. The average molecular weight is 139 g/mol. The number of aromatic nitrogens is 2. The van der Waals surface area contributed by atoms with Gasteiger partial charge >= 0.3 is 0 Å². The SMILES string of the molecule is Nc1cc2n(n1)CCCO2. The van der Waals surface area contributed by atoms with E-state index in [-0.39, 0.29) is 0 Å². The average Bonchev–Trinajstić information content (AvgIpc) is 2.27. The van der Waals surface area contributed by atoms with Crippen LogP contribution in [0.3, 0.4) is 0 Å². The Morgan fingerprint density at radius 1 is 1.70 bits per heavy atom. The highest BCUT2D eigenvalue weighted by Gasteiger charge is 2.10. The van der Waals surface area contributed by atoms with Gasteiger partial charge in [0.05, 0.1) is 6.61 Å². The third-order valence-corrected chi connectivity index (χ3v) is 1.53. The zero-order valence-corrected chi connectivity index (χ0v) is 5.58. The van der Waals surface area contributed by atoms with Crippen LogP contribution in [0.1, 0.15) is 6.42 Å². The first-order chi connectivity index (χ1) is 4.86. The lowest BCUT2D eigenvalue weighted by molar-refractivity contribution is 0.230. The first-order valence-electron chi connectivity index (χ1n) is 3.32. The summed E-state index contributed by atoms with van der Waals surface area (Å²) in [4.78, 5) is 0. The standard InChI is InChI=1S/C6H9N3O/c7-5-4-6-9(8-5)2-1-3-10-6/h4H,1-3H2,(H2,7,8). The molecule has 0 fully saturated rings. The minimum atomic E-state index is 0.539. The van der Waals surface area contributed by atoms with Gasteiger partial charge in [0.15, 0.2) is 0 Å². The number of rotatable bonds is 0. The fourth-order valence-corrected chi connectivity index (χ4v) is 1.09. The van der Waals surface area contributed by atoms with E-state index in [0.717, 1.165) is 25.5 Å². The first-order valence-corrected chi connectivity index (χ1v) is 3.32. The second-order valence-electron chi connectivity index (χ2n) is 2.33. The molecule has 0 bridgehead atoms. The quantitative estimate of drug-likeness (QED) is 0.560. The molecule has 0 unspecified atom stereocenters. The molecular weight excluding hydrogens is 130 g/mol. The molecule has 1 aliphatic heterocycles. The normalized spacial score (nSPS) is 16.0. The maximum Gasteiger partial charge on any atom is 0.213 e. The van der Waals surface area contributed by atoms with E-state index in [2.05, 4.69) is 5.10 Å². The topological polar surface area (TPSA) is 53.1 Å². The zero-order chi connectivity index (χ0) is 6.97. The monoisotopic (exact) mass is 139 g/mol. The van der Waals surface area contributed by atoms with Crippen molar-refractivity contribution in [3.05, 3.63) is 6.07 Å². The summed E-state index contributed by atoms with van der Waals surface area (Å²) in [5, 5.41) is 4.02. The summed E-state index contributed by atoms with van der Waals surface area (Å²) in [6, 6.07) is 1.75. The maximum absolute atomic E-state index is 5.45. The molecule has 2 rings (SSSR count). The molecular formula is C6H9N3O. The van der Waals surface area contributed by atoms with Crippen molar-refractivity contribution >= 4 is 5.82 Å². The van der Waals surface area contributed by atoms with Gasteiger partial charge in [-0.2, -0.15) is 5.10 Å². The second kappa shape index (κ2) is 1.90. The largest absolute Gasteiger partial charge is 0.478 e. The van der Waals surface area contributed by atoms with Gasteiger partial charge in [-0.15, -0.1) is 0 Å². The van der Waals surface area contributed by atoms with Crippen LogP contribution in [0.15, 0.2) is 6.07 Å². The van der Waals surface area contributed by atoms with Crippen LogP contribution < -0.4 is 10.5 Å². The summed E-state index contributed by atoms with van der Waals surface area (Å²) >= 11 is 0. The number of hydrogen-bond donors (Lipinski definition) is 1. The van der Waals surface area contributed by atoms with Gasteiger partial charge in [0.2, 0.25) is 5.88 Å². The van der Waals surface area contributed by atoms with Crippen molar-refractivity contribution in [3.63, 3.8) is 0 Å². The van der Waals surface area contributed by atoms with Crippen LogP contribution in [0.4, 0.5) is 5.82 Å². The van der Waals surface area contributed by atoms with Gasteiger partial charge in [-0.05, 0) is 0 Å². The lowest BCUT2D eigenvalue weighted by atomic mass is 10.4. The minimum absolute atomic E-state index is 0.539. The van der Waals surface area contributed by atoms with Crippen molar-refractivity contribution in [2.24, 2.45) is 0 Å². The van der Waals surface area contributed by atoms with E-state index in [0.29, 0.717) is 5.82 Å². The van der Waals surface area contributed by atoms with Crippen molar-refractivity contribution in [2.45, 2.75) is 13.0 Å². The zero-order valence-electron chi connectivity index (χ0n) is 5.58. The fraction of sp³-hybridized carbons (Fsp3) is 0.500.